The van der Waals surface area contributed by atoms with Crippen LogP contribution in [0.2, 0.25) is 0 Å². The molecule has 2 saturated heterocycles. The third-order valence-corrected chi connectivity index (χ3v) is 12.9. The van der Waals surface area contributed by atoms with Crippen molar-refractivity contribution in [2.45, 2.75) is 89.2 Å². The van der Waals surface area contributed by atoms with Gasteiger partial charge in [0.15, 0.2) is 24.5 Å². The van der Waals surface area contributed by atoms with Crippen molar-refractivity contribution in [2.24, 2.45) is 11.5 Å². The molecular weight excluding hydrogens is 915 g/mol. The Hall–Kier alpha value is -3.16. The SMILES string of the molecule is CCOP(=O)(COC[C@H]1O[C@@H](n2cnc(C(N)=O)c2O)[C@H](O)[C@@H]1O)OCC.CCOP(=O)(COS(=O)(=O)C(F)(F)F)OCC.Cc1c(C(N)=O)ncn1[C@@H]1O[C@H](CO)[C@@H](O)[C@H]1O. The van der Waals surface area contributed by atoms with E-state index >= 15 is 0 Å². The standard InChI is InChI=1S/C14H24N3O9P.C10H15N3O5.C6H12F3O6PS/c1-3-24-27(22,25-4-2)7-23-5-8-10(18)11(19)14(26-8)17-6-16-9(12(15)20)13(17)21;1-4-6(9(11)17)12-3-13(4)10-8(16)7(15)5(2-14)18-10;1-3-13-16(10,14-4-2)5-15-17(11,12)6(7,8)9/h6,8,10-11,14,18-19,21H,3-5,7H2,1-2H3,(H2,15,20);3,5,7-8,10,14-16H,2H2,1H3,(H2,11,17);3-5H2,1-2H3/t8-,10-,11-,14-;5-,7-,8-,10-;/m11./s1. The van der Waals surface area contributed by atoms with Gasteiger partial charge in [-0.25, -0.2) is 9.97 Å². The Labute approximate surface area is 351 Å². The first-order valence-corrected chi connectivity index (χ1v) is 23.0. The quantitative estimate of drug-likeness (QED) is 0.0472. The van der Waals surface area contributed by atoms with Crippen molar-refractivity contribution in [2.75, 3.05) is 52.3 Å². The van der Waals surface area contributed by atoms with Crippen molar-refractivity contribution in [3.05, 3.63) is 29.7 Å². The zero-order valence-corrected chi connectivity index (χ0v) is 36.3. The first-order valence-electron chi connectivity index (χ1n) is 18.1. The van der Waals surface area contributed by atoms with Crippen molar-refractivity contribution in [3.63, 3.8) is 0 Å². The number of primary amides is 2. The summed E-state index contributed by atoms with van der Waals surface area (Å²) >= 11 is 0. The molecule has 4 rings (SSSR count). The number of carbonyl (C=O) groups is 2. The number of nitrogens with zero attached hydrogens (tertiary/aromatic N) is 4. The van der Waals surface area contributed by atoms with Crippen LogP contribution in [-0.4, -0.2) is 164 Å². The van der Waals surface area contributed by atoms with E-state index in [4.69, 9.17) is 39.8 Å². The molecular formula is C30H51F3N6O20P2S. The van der Waals surface area contributed by atoms with E-state index in [2.05, 4.69) is 23.2 Å². The fourth-order valence-electron chi connectivity index (χ4n) is 5.33. The lowest BCUT2D eigenvalue weighted by Gasteiger charge is -2.19. The highest BCUT2D eigenvalue weighted by molar-refractivity contribution is 7.87. The molecule has 0 aromatic carbocycles. The van der Waals surface area contributed by atoms with E-state index in [9.17, 15) is 65.8 Å². The van der Waals surface area contributed by atoms with Gasteiger partial charge in [0, 0.05) is 5.69 Å². The molecule has 8 atom stereocenters. The Morgan fingerprint density at radius 2 is 1.19 bits per heavy atom. The van der Waals surface area contributed by atoms with Gasteiger partial charge in [0.1, 0.15) is 55.0 Å². The van der Waals surface area contributed by atoms with Gasteiger partial charge in [-0.05, 0) is 34.6 Å². The Balaban J connectivity index is 0.000000333. The molecule has 26 nitrogen and oxygen atoms in total. The van der Waals surface area contributed by atoms with Gasteiger partial charge in [0.2, 0.25) is 5.88 Å². The van der Waals surface area contributed by atoms with E-state index in [0.29, 0.717) is 5.69 Å². The van der Waals surface area contributed by atoms with Gasteiger partial charge in [0.25, 0.3) is 11.8 Å². The number of amides is 2. The largest absolute Gasteiger partial charge is 0.523 e. The second-order valence-electron chi connectivity index (χ2n) is 12.5. The fraction of sp³-hybridized carbons (Fsp3) is 0.733. The summed E-state index contributed by atoms with van der Waals surface area (Å²) in [5, 5.41) is 58.7. The summed E-state index contributed by atoms with van der Waals surface area (Å²) < 4.78 is 122. The summed E-state index contributed by atoms with van der Waals surface area (Å²) in [5.41, 5.74) is 4.75. The number of aliphatic hydroxyl groups excluding tert-OH is 5. The van der Waals surface area contributed by atoms with Crippen molar-refractivity contribution in [1.29, 1.82) is 0 Å². The molecule has 2 amide bonds. The maximum atomic E-state index is 12.3. The number of rotatable bonds is 20. The van der Waals surface area contributed by atoms with E-state index in [1.807, 2.05) is 0 Å². The maximum absolute atomic E-state index is 12.3. The summed E-state index contributed by atoms with van der Waals surface area (Å²) in [6.45, 7) is 7.23. The first kappa shape index (κ1) is 55.0. The van der Waals surface area contributed by atoms with Gasteiger partial charge in [-0.15, -0.1) is 0 Å². The van der Waals surface area contributed by atoms with E-state index < -0.39 is 116 Å². The van der Waals surface area contributed by atoms with Gasteiger partial charge >= 0.3 is 30.8 Å². The maximum Gasteiger partial charge on any atom is 0.523 e. The minimum Gasteiger partial charge on any atom is -0.493 e. The highest BCUT2D eigenvalue weighted by Gasteiger charge is 2.49. The van der Waals surface area contributed by atoms with Crippen LogP contribution >= 0.6 is 15.2 Å². The van der Waals surface area contributed by atoms with Crippen molar-refractivity contribution < 1.29 is 107 Å². The molecule has 4 heterocycles. The second kappa shape index (κ2) is 23.7. The van der Waals surface area contributed by atoms with E-state index in [0.717, 1.165) is 10.9 Å². The van der Waals surface area contributed by atoms with Crippen LogP contribution < -0.4 is 11.5 Å². The number of ether oxygens (including phenoxy) is 3. The predicted octanol–water partition coefficient (Wildman–Crippen LogP) is -0.475. The zero-order chi connectivity index (χ0) is 47.4. The van der Waals surface area contributed by atoms with Gasteiger partial charge in [-0.2, -0.15) is 21.6 Å². The first-order chi connectivity index (χ1) is 28.8. The summed E-state index contributed by atoms with van der Waals surface area (Å²) in [4.78, 5) is 29.7. The van der Waals surface area contributed by atoms with Crippen LogP contribution in [0.25, 0.3) is 0 Å². The predicted molar refractivity (Wildman–Crippen MR) is 200 cm³/mol. The Bertz CT molecular complexity index is 1960. The van der Waals surface area contributed by atoms with Crippen LogP contribution in [0.4, 0.5) is 13.2 Å². The smallest absolute Gasteiger partial charge is 0.493 e. The molecule has 62 heavy (non-hydrogen) atoms. The minimum absolute atomic E-state index is 0.0766. The summed E-state index contributed by atoms with van der Waals surface area (Å²) in [6.07, 6.45) is -8.53. The van der Waals surface area contributed by atoms with Gasteiger partial charge < -0.3 is 79.0 Å². The summed E-state index contributed by atoms with van der Waals surface area (Å²) in [7, 11) is -13.2. The number of imidazole rings is 2. The van der Waals surface area contributed by atoms with E-state index in [1.54, 1.807) is 20.8 Å². The molecule has 2 aliphatic heterocycles. The fourth-order valence-corrected chi connectivity index (χ4v) is 8.89. The molecule has 0 bridgehead atoms. The molecule has 10 N–H and O–H groups in total. The van der Waals surface area contributed by atoms with Crippen molar-refractivity contribution >= 4 is 37.1 Å². The number of aromatic nitrogens is 4. The number of aliphatic hydroxyl groups is 5. The van der Waals surface area contributed by atoms with Crippen molar-refractivity contribution in [1.82, 2.24) is 19.1 Å². The Kier molecular flexibility index (Phi) is 21.0. The lowest BCUT2D eigenvalue weighted by molar-refractivity contribution is -0.0652. The van der Waals surface area contributed by atoms with Crippen LogP contribution in [0, 0.1) is 6.92 Å². The second-order valence-corrected chi connectivity index (χ2v) is 18.1. The highest BCUT2D eigenvalue weighted by Crippen LogP contribution is 2.49. The number of nitrogens with two attached hydrogens (primary N) is 2. The highest BCUT2D eigenvalue weighted by atomic mass is 32.2. The molecule has 2 aromatic rings. The van der Waals surface area contributed by atoms with Crippen LogP contribution in [0.1, 0.15) is 66.8 Å². The third-order valence-electron chi connectivity index (χ3n) is 8.16. The molecule has 2 aliphatic rings. The molecule has 0 radical (unpaired) electrons. The summed E-state index contributed by atoms with van der Waals surface area (Å²) in [6, 6.07) is 0. The molecule has 358 valence electrons. The molecule has 0 saturated carbocycles. The Morgan fingerprint density at radius 3 is 1.60 bits per heavy atom. The molecule has 0 spiro atoms. The molecule has 0 unspecified atom stereocenters. The van der Waals surface area contributed by atoms with Gasteiger partial charge in [0.05, 0.1) is 46.0 Å². The number of aromatic hydroxyl groups is 1. The van der Waals surface area contributed by atoms with Crippen LogP contribution in [-0.2, 0) is 55.7 Å². The Morgan fingerprint density at radius 1 is 0.774 bits per heavy atom. The lowest BCUT2D eigenvalue weighted by atomic mass is 10.1. The van der Waals surface area contributed by atoms with Crippen LogP contribution in [0.5, 0.6) is 5.88 Å². The number of hydrogen-bond acceptors (Lipinski definition) is 22. The van der Waals surface area contributed by atoms with Crippen molar-refractivity contribution in [3.8, 4) is 5.88 Å². The van der Waals surface area contributed by atoms with Gasteiger partial charge in [-0.1, -0.05) is 0 Å². The van der Waals surface area contributed by atoms with Crippen LogP contribution in [0.3, 0.4) is 0 Å². The monoisotopic (exact) mass is 966 g/mol. The zero-order valence-electron chi connectivity index (χ0n) is 33.7. The third kappa shape index (κ3) is 14.2. The number of alkyl halides is 3. The lowest BCUT2D eigenvalue weighted by Crippen LogP contribution is -2.34. The molecule has 2 fully saturated rings. The normalized spacial score (nSPS) is 24.3. The number of halogens is 3. The average Bonchev–Trinajstić information content (AvgIpc) is 3.91. The molecule has 32 heteroatoms. The number of hydrogen-bond donors (Lipinski definition) is 8. The van der Waals surface area contributed by atoms with E-state index in [-0.39, 0.29) is 45.1 Å². The minimum atomic E-state index is -5.80. The average molecular weight is 967 g/mol. The molecule has 0 aliphatic carbocycles. The van der Waals surface area contributed by atoms with E-state index in [1.165, 1.54) is 24.7 Å². The topological polar surface area (TPSA) is 385 Å². The van der Waals surface area contributed by atoms with Crippen LogP contribution in [0.15, 0.2) is 12.7 Å². The van der Waals surface area contributed by atoms with Gasteiger partial charge in [-0.3, -0.25) is 27.5 Å². The number of carbonyl (C=O) groups excluding carboxylic acids is 2. The summed E-state index contributed by atoms with van der Waals surface area (Å²) in [5.74, 6) is -2.24. The molecule has 2 aromatic heterocycles.